The highest BCUT2D eigenvalue weighted by Crippen LogP contribution is 2.20. The second-order valence-corrected chi connectivity index (χ2v) is 6.18. The maximum absolute atomic E-state index is 13.7. The average molecular weight is 365 g/mol. The summed E-state index contributed by atoms with van der Waals surface area (Å²) in [6, 6.07) is 16.7. The van der Waals surface area contributed by atoms with Gasteiger partial charge in [0.25, 0.3) is 5.91 Å². The van der Waals surface area contributed by atoms with E-state index in [1.165, 1.54) is 12.3 Å². The first-order chi connectivity index (χ1) is 13.0. The van der Waals surface area contributed by atoms with Gasteiger partial charge in [-0.2, -0.15) is 0 Å². The molecule has 0 aliphatic carbocycles. The third-order valence-electron chi connectivity index (χ3n) is 3.63. The van der Waals surface area contributed by atoms with Gasteiger partial charge in [-0.15, -0.1) is 0 Å². The molecule has 1 aromatic heterocycles. The highest BCUT2D eigenvalue weighted by Gasteiger charge is 2.09. The summed E-state index contributed by atoms with van der Waals surface area (Å²) in [7, 11) is 0. The van der Waals surface area contributed by atoms with Gasteiger partial charge in [-0.1, -0.05) is 12.1 Å². The molecule has 2 aromatic carbocycles. The standard InChI is InChI=1S/C21H20FN3O2/c1-14(2)27-17-10-7-15(8-11-17)25-21(26)20-12-9-16(13-23-20)24-19-6-4-3-5-18(19)22/h3-14,24H,1-2H3,(H,25,26). The fourth-order valence-electron chi connectivity index (χ4n) is 2.40. The Balaban J connectivity index is 1.63. The van der Waals surface area contributed by atoms with Crippen LogP contribution in [0.2, 0.25) is 0 Å². The van der Waals surface area contributed by atoms with Crippen LogP contribution < -0.4 is 15.4 Å². The van der Waals surface area contributed by atoms with Gasteiger partial charge in [0.1, 0.15) is 17.3 Å². The van der Waals surface area contributed by atoms with E-state index in [0.29, 0.717) is 17.1 Å². The van der Waals surface area contributed by atoms with E-state index in [0.717, 1.165) is 5.75 Å². The van der Waals surface area contributed by atoms with E-state index in [2.05, 4.69) is 15.6 Å². The smallest absolute Gasteiger partial charge is 0.274 e. The van der Waals surface area contributed by atoms with E-state index < -0.39 is 0 Å². The molecule has 3 rings (SSSR count). The normalized spacial score (nSPS) is 10.5. The predicted molar refractivity (Wildman–Crippen MR) is 104 cm³/mol. The zero-order valence-electron chi connectivity index (χ0n) is 15.1. The minimum Gasteiger partial charge on any atom is -0.491 e. The van der Waals surface area contributed by atoms with Gasteiger partial charge in [0.15, 0.2) is 0 Å². The first kappa shape index (κ1) is 18.4. The number of carbonyl (C=O) groups is 1. The summed E-state index contributed by atoms with van der Waals surface area (Å²) in [5.74, 6) is 0.0545. The molecule has 0 atom stereocenters. The van der Waals surface area contributed by atoms with Gasteiger partial charge in [-0.3, -0.25) is 4.79 Å². The van der Waals surface area contributed by atoms with Gasteiger partial charge in [0.2, 0.25) is 0 Å². The molecule has 138 valence electrons. The number of carbonyl (C=O) groups excluding carboxylic acids is 1. The number of rotatable bonds is 6. The molecular weight excluding hydrogens is 345 g/mol. The highest BCUT2D eigenvalue weighted by molar-refractivity contribution is 6.03. The van der Waals surface area contributed by atoms with Crippen LogP contribution in [-0.2, 0) is 0 Å². The topological polar surface area (TPSA) is 63.2 Å². The molecule has 1 amide bonds. The van der Waals surface area contributed by atoms with Crippen LogP contribution in [0.5, 0.6) is 5.75 Å². The number of aromatic nitrogens is 1. The number of halogens is 1. The van der Waals surface area contributed by atoms with E-state index in [-0.39, 0.29) is 23.5 Å². The molecular formula is C21H20FN3O2. The molecule has 0 aliphatic rings. The van der Waals surface area contributed by atoms with E-state index in [1.807, 2.05) is 13.8 Å². The molecule has 0 radical (unpaired) electrons. The van der Waals surface area contributed by atoms with Gasteiger partial charge < -0.3 is 15.4 Å². The fraction of sp³-hybridized carbons (Fsp3) is 0.143. The molecule has 27 heavy (non-hydrogen) atoms. The number of hydrogen-bond acceptors (Lipinski definition) is 4. The molecule has 0 saturated carbocycles. The maximum atomic E-state index is 13.7. The van der Waals surface area contributed by atoms with Crippen LogP contribution in [0.15, 0.2) is 66.9 Å². The van der Waals surface area contributed by atoms with Crippen molar-refractivity contribution in [1.82, 2.24) is 4.98 Å². The van der Waals surface area contributed by atoms with Crippen molar-refractivity contribution < 1.29 is 13.9 Å². The Morgan fingerprint density at radius 2 is 1.70 bits per heavy atom. The number of hydrogen-bond donors (Lipinski definition) is 2. The highest BCUT2D eigenvalue weighted by atomic mass is 19.1. The molecule has 0 unspecified atom stereocenters. The van der Waals surface area contributed by atoms with Crippen molar-refractivity contribution in [3.05, 3.63) is 78.4 Å². The molecule has 0 bridgehead atoms. The molecule has 2 N–H and O–H groups in total. The maximum Gasteiger partial charge on any atom is 0.274 e. The van der Waals surface area contributed by atoms with E-state index in [9.17, 15) is 9.18 Å². The lowest BCUT2D eigenvalue weighted by Crippen LogP contribution is -2.13. The molecule has 3 aromatic rings. The number of amides is 1. The van der Waals surface area contributed by atoms with Crippen LogP contribution in [0.3, 0.4) is 0 Å². The Morgan fingerprint density at radius 1 is 1.00 bits per heavy atom. The predicted octanol–water partition coefficient (Wildman–Crippen LogP) is 5.00. The van der Waals surface area contributed by atoms with Crippen LogP contribution in [0.25, 0.3) is 0 Å². The lowest BCUT2D eigenvalue weighted by Gasteiger charge is -2.11. The van der Waals surface area contributed by atoms with Crippen molar-refractivity contribution in [2.24, 2.45) is 0 Å². The van der Waals surface area contributed by atoms with Gasteiger partial charge in [-0.05, 0) is 62.4 Å². The molecule has 0 fully saturated rings. The minimum atomic E-state index is -0.357. The van der Waals surface area contributed by atoms with Crippen molar-refractivity contribution in [3.63, 3.8) is 0 Å². The van der Waals surface area contributed by atoms with Gasteiger partial charge in [-0.25, -0.2) is 9.37 Å². The van der Waals surface area contributed by atoms with E-state index in [4.69, 9.17) is 4.74 Å². The summed E-state index contributed by atoms with van der Waals surface area (Å²) in [4.78, 5) is 16.5. The second kappa shape index (κ2) is 8.31. The second-order valence-electron chi connectivity index (χ2n) is 6.18. The third-order valence-corrected chi connectivity index (χ3v) is 3.63. The molecule has 6 heteroatoms. The van der Waals surface area contributed by atoms with Crippen LogP contribution in [0.1, 0.15) is 24.3 Å². The van der Waals surface area contributed by atoms with Crippen LogP contribution in [0.4, 0.5) is 21.5 Å². The quantitative estimate of drug-likeness (QED) is 0.645. The lowest BCUT2D eigenvalue weighted by atomic mass is 10.2. The largest absolute Gasteiger partial charge is 0.491 e. The monoisotopic (exact) mass is 365 g/mol. The Morgan fingerprint density at radius 3 is 2.33 bits per heavy atom. The van der Waals surface area contributed by atoms with E-state index >= 15 is 0 Å². The Kier molecular flexibility index (Phi) is 5.66. The van der Waals surface area contributed by atoms with Crippen molar-refractivity contribution in [2.75, 3.05) is 10.6 Å². The van der Waals surface area contributed by atoms with Crippen molar-refractivity contribution in [1.29, 1.82) is 0 Å². The van der Waals surface area contributed by atoms with Crippen molar-refractivity contribution in [3.8, 4) is 5.75 Å². The number of para-hydroxylation sites is 1. The summed E-state index contributed by atoms with van der Waals surface area (Å²) in [6.45, 7) is 3.90. The van der Waals surface area contributed by atoms with Crippen LogP contribution in [0, 0.1) is 5.82 Å². The number of ether oxygens (including phenoxy) is 1. The molecule has 0 saturated heterocycles. The Bertz CT molecular complexity index is 909. The van der Waals surface area contributed by atoms with Gasteiger partial charge in [0.05, 0.1) is 23.7 Å². The summed E-state index contributed by atoms with van der Waals surface area (Å²) in [5, 5.41) is 5.71. The van der Waals surface area contributed by atoms with Crippen molar-refractivity contribution >= 4 is 23.0 Å². The van der Waals surface area contributed by atoms with Gasteiger partial charge in [0, 0.05) is 5.69 Å². The minimum absolute atomic E-state index is 0.0890. The molecule has 0 aliphatic heterocycles. The number of nitrogens with zero attached hydrogens (tertiary/aromatic N) is 1. The fourth-order valence-corrected chi connectivity index (χ4v) is 2.40. The van der Waals surface area contributed by atoms with Crippen LogP contribution >= 0.6 is 0 Å². The SMILES string of the molecule is CC(C)Oc1ccc(NC(=O)c2ccc(Nc3ccccc3F)cn2)cc1. The zero-order valence-corrected chi connectivity index (χ0v) is 15.1. The third kappa shape index (κ3) is 5.04. The summed E-state index contributed by atoms with van der Waals surface area (Å²) >= 11 is 0. The number of anilines is 3. The first-order valence-electron chi connectivity index (χ1n) is 8.57. The van der Waals surface area contributed by atoms with Crippen molar-refractivity contribution in [2.45, 2.75) is 20.0 Å². The van der Waals surface area contributed by atoms with Gasteiger partial charge >= 0.3 is 0 Å². The Labute approximate surface area is 157 Å². The summed E-state index contributed by atoms with van der Waals surface area (Å²) < 4.78 is 19.2. The number of pyridine rings is 1. The summed E-state index contributed by atoms with van der Waals surface area (Å²) in [6.07, 6.45) is 1.58. The molecule has 1 heterocycles. The zero-order chi connectivity index (χ0) is 19.2. The molecule has 0 spiro atoms. The molecule has 5 nitrogen and oxygen atoms in total. The number of benzene rings is 2. The Hall–Kier alpha value is -3.41. The number of nitrogens with one attached hydrogen (secondary N) is 2. The van der Waals surface area contributed by atoms with Crippen LogP contribution in [-0.4, -0.2) is 17.0 Å². The van der Waals surface area contributed by atoms with E-state index in [1.54, 1.807) is 54.6 Å². The average Bonchev–Trinajstić information content (AvgIpc) is 2.65. The first-order valence-corrected chi connectivity index (χ1v) is 8.57. The lowest BCUT2D eigenvalue weighted by molar-refractivity contribution is 0.102. The summed E-state index contributed by atoms with van der Waals surface area (Å²) in [5.41, 5.74) is 1.84.